The summed E-state index contributed by atoms with van der Waals surface area (Å²) in [7, 11) is 0. The number of hydrogen-bond acceptors (Lipinski definition) is 6. The second-order valence-corrected chi connectivity index (χ2v) is 7.83. The Morgan fingerprint density at radius 2 is 1.94 bits per heavy atom. The number of anilines is 1. The third-order valence-corrected chi connectivity index (χ3v) is 5.88. The Labute approximate surface area is 182 Å². The maximum Gasteiger partial charge on any atom is 0.280 e. The van der Waals surface area contributed by atoms with Crippen LogP contribution in [-0.2, 0) is 17.8 Å². The normalized spacial score (nSPS) is 19.0. The van der Waals surface area contributed by atoms with Crippen LogP contribution in [0, 0.1) is 0 Å². The van der Waals surface area contributed by atoms with Crippen LogP contribution in [0.5, 0.6) is 0 Å². The van der Waals surface area contributed by atoms with Crippen LogP contribution < -0.4 is 10.2 Å². The van der Waals surface area contributed by atoms with Gasteiger partial charge in [0.1, 0.15) is 12.2 Å². The van der Waals surface area contributed by atoms with Gasteiger partial charge in [-0.2, -0.15) is 5.10 Å². The number of rotatable bonds is 7. The van der Waals surface area contributed by atoms with Gasteiger partial charge in [0, 0.05) is 50.0 Å². The predicted octanol–water partition coefficient (Wildman–Crippen LogP) is 2.12. The molecule has 0 radical (unpaired) electrons. The molecule has 12 heteroatoms. The molecular weight excluding hydrogens is 430 g/mol. The first-order valence-electron chi connectivity index (χ1n) is 10.6. The van der Waals surface area contributed by atoms with E-state index in [4.69, 9.17) is 0 Å². The summed E-state index contributed by atoms with van der Waals surface area (Å²) in [6, 6.07) is -1.08. The highest BCUT2D eigenvalue weighted by molar-refractivity contribution is 5.76. The number of piperazine rings is 1. The van der Waals surface area contributed by atoms with Gasteiger partial charge in [-0.15, -0.1) is 0 Å². The van der Waals surface area contributed by atoms with Gasteiger partial charge in [0.05, 0.1) is 17.9 Å². The number of alkyl halides is 4. The summed E-state index contributed by atoms with van der Waals surface area (Å²) >= 11 is 0. The maximum absolute atomic E-state index is 13.8. The molecule has 4 rings (SSSR count). The molecule has 0 spiro atoms. The number of nitrogens with one attached hydrogen (secondary N) is 1. The van der Waals surface area contributed by atoms with E-state index in [0.717, 1.165) is 13.1 Å². The van der Waals surface area contributed by atoms with E-state index in [9.17, 15) is 22.4 Å². The van der Waals surface area contributed by atoms with E-state index >= 15 is 0 Å². The molecule has 2 aromatic rings. The summed E-state index contributed by atoms with van der Waals surface area (Å²) in [4.78, 5) is 23.8. The molecule has 32 heavy (non-hydrogen) atoms. The smallest absolute Gasteiger partial charge is 0.280 e. The summed E-state index contributed by atoms with van der Waals surface area (Å²) in [6.45, 7) is 4.68. The van der Waals surface area contributed by atoms with Crippen molar-refractivity contribution in [3.05, 3.63) is 23.7 Å². The largest absolute Gasteiger partial charge is 0.339 e. The summed E-state index contributed by atoms with van der Waals surface area (Å²) in [6.07, 6.45) is -1.98. The van der Waals surface area contributed by atoms with Crippen molar-refractivity contribution in [3.63, 3.8) is 0 Å². The number of amides is 1. The fourth-order valence-electron chi connectivity index (χ4n) is 4.03. The molecule has 1 atom stereocenters. The quantitative estimate of drug-likeness (QED) is 0.645. The summed E-state index contributed by atoms with van der Waals surface area (Å²) in [5.74, 6) is -0.220. The van der Waals surface area contributed by atoms with Gasteiger partial charge in [0.25, 0.3) is 12.9 Å². The molecule has 0 saturated carbocycles. The highest BCUT2D eigenvalue weighted by Gasteiger charge is 2.38. The van der Waals surface area contributed by atoms with Crippen LogP contribution in [0.25, 0.3) is 11.3 Å². The Morgan fingerprint density at radius 1 is 1.19 bits per heavy atom. The maximum atomic E-state index is 13.8. The fourth-order valence-corrected chi connectivity index (χ4v) is 4.03. The van der Waals surface area contributed by atoms with Gasteiger partial charge in [-0.25, -0.2) is 27.5 Å². The molecule has 2 fully saturated rings. The number of nitrogens with zero attached hydrogens (tertiary/aromatic N) is 6. The summed E-state index contributed by atoms with van der Waals surface area (Å²) < 4.78 is 55.4. The molecule has 1 amide bonds. The van der Waals surface area contributed by atoms with E-state index in [0.29, 0.717) is 18.7 Å². The van der Waals surface area contributed by atoms with Gasteiger partial charge in [-0.1, -0.05) is 6.92 Å². The van der Waals surface area contributed by atoms with E-state index in [1.807, 2.05) is 0 Å². The van der Waals surface area contributed by atoms with Crippen molar-refractivity contribution in [3.8, 4) is 11.3 Å². The van der Waals surface area contributed by atoms with Crippen LogP contribution in [-0.4, -0.2) is 75.7 Å². The second kappa shape index (κ2) is 9.39. The predicted molar refractivity (Wildman–Crippen MR) is 109 cm³/mol. The van der Waals surface area contributed by atoms with Crippen LogP contribution in [0.3, 0.4) is 0 Å². The lowest BCUT2D eigenvalue weighted by Gasteiger charge is -2.40. The summed E-state index contributed by atoms with van der Waals surface area (Å²) in [5, 5.41) is 7.38. The van der Waals surface area contributed by atoms with E-state index < -0.39 is 24.6 Å². The number of halogens is 4. The minimum atomic E-state index is -2.87. The molecule has 8 nitrogen and oxygen atoms in total. The first kappa shape index (κ1) is 22.4. The van der Waals surface area contributed by atoms with Crippen LogP contribution in [0.1, 0.15) is 31.0 Å². The van der Waals surface area contributed by atoms with Crippen molar-refractivity contribution in [1.29, 1.82) is 0 Å². The Morgan fingerprint density at radius 3 is 2.53 bits per heavy atom. The minimum Gasteiger partial charge on any atom is -0.339 e. The molecule has 4 heterocycles. The number of aromatic nitrogens is 4. The lowest BCUT2D eigenvalue weighted by molar-refractivity contribution is -0.132. The summed E-state index contributed by atoms with van der Waals surface area (Å²) in [5.41, 5.74) is 0.450. The Bertz CT molecular complexity index is 961. The van der Waals surface area contributed by atoms with E-state index in [2.05, 4.69) is 20.4 Å². The molecule has 0 aliphatic carbocycles. The zero-order chi connectivity index (χ0) is 22.8. The van der Waals surface area contributed by atoms with Crippen molar-refractivity contribution in [1.82, 2.24) is 30.0 Å². The third-order valence-electron chi connectivity index (χ3n) is 5.88. The highest BCUT2D eigenvalue weighted by Crippen LogP contribution is 2.35. The van der Waals surface area contributed by atoms with Gasteiger partial charge in [-0.05, 0) is 12.8 Å². The van der Waals surface area contributed by atoms with Crippen LogP contribution in [0.4, 0.5) is 23.5 Å². The average molecular weight is 455 g/mol. The molecule has 2 aliphatic rings. The zero-order valence-corrected chi connectivity index (χ0v) is 17.6. The Hall–Kier alpha value is -2.76. The lowest BCUT2D eigenvalue weighted by Crippen LogP contribution is -2.53. The Balaban J connectivity index is 1.64. The van der Waals surface area contributed by atoms with Crippen LogP contribution in [0.2, 0.25) is 0 Å². The fraction of sp³-hybridized carbons (Fsp3) is 0.600. The van der Waals surface area contributed by atoms with Gasteiger partial charge >= 0.3 is 0 Å². The topological polar surface area (TPSA) is 79.2 Å². The van der Waals surface area contributed by atoms with E-state index in [1.54, 1.807) is 18.0 Å². The molecule has 0 unspecified atom stereocenters. The molecule has 1 N–H and O–H groups in total. The van der Waals surface area contributed by atoms with Crippen LogP contribution in [0.15, 0.2) is 12.4 Å². The molecule has 2 saturated heterocycles. The first-order chi connectivity index (χ1) is 15.4. The number of hydrogen-bond donors (Lipinski definition) is 1. The minimum absolute atomic E-state index is 0.0146. The number of carbonyl (C=O) groups is 1. The van der Waals surface area contributed by atoms with Gasteiger partial charge in [0.2, 0.25) is 11.9 Å². The van der Waals surface area contributed by atoms with Gasteiger partial charge in [0.15, 0.2) is 0 Å². The lowest BCUT2D eigenvalue weighted by atomic mass is 10.0. The molecule has 2 aliphatic heterocycles. The van der Waals surface area contributed by atoms with Crippen molar-refractivity contribution in [2.24, 2.45) is 0 Å². The van der Waals surface area contributed by atoms with Crippen molar-refractivity contribution in [2.45, 2.75) is 45.2 Å². The molecule has 174 valence electrons. The van der Waals surface area contributed by atoms with Gasteiger partial charge in [-0.3, -0.25) is 9.48 Å². The second-order valence-electron chi connectivity index (χ2n) is 7.83. The zero-order valence-electron chi connectivity index (χ0n) is 17.6. The standard InChI is InChI=1S/C20H25F4N7O/c1-2-13-16(12-9-26-30(10-12)11-15(32)29-7-4-25-5-8-29)27-20(28-17(13)19(23)24)31-6-3-14(31)18(21)22/h9-10,14,18-19,25H,2-8,11H2,1H3/t14-/m1/s1. The molecule has 2 aromatic heterocycles. The van der Waals surface area contributed by atoms with E-state index in [-0.39, 0.29) is 49.0 Å². The monoisotopic (exact) mass is 455 g/mol. The first-order valence-corrected chi connectivity index (χ1v) is 10.6. The van der Waals surface area contributed by atoms with E-state index in [1.165, 1.54) is 15.8 Å². The molecular formula is C20H25F4N7O. The van der Waals surface area contributed by atoms with Crippen molar-refractivity contribution < 1.29 is 22.4 Å². The Kier molecular flexibility index (Phi) is 6.58. The van der Waals surface area contributed by atoms with Crippen molar-refractivity contribution >= 4 is 11.9 Å². The molecule has 0 aromatic carbocycles. The SMILES string of the molecule is CCc1c(-c2cnn(CC(=O)N3CCNCC3)c2)nc(N2CC[C@@H]2C(F)F)nc1C(F)F. The molecule has 0 bridgehead atoms. The van der Waals surface area contributed by atoms with Crippen molar-refractivity contribution in [2.75, 3.05) is 37.6 Å². The number of carbonyl (C=O) groups excluding carboxylic acids is 1. The van der Waals surface area contributed by atoms with Crippen LogP contribution >= 0.6 is 0 Å². The van der Waals surface area contributed by atoms with Gasteiger partial charge < -0.3 is 15.1 Å². The highest BCUT2D eigenvalue weighted by atomic mass is 19.3. The third kappa shape index (κ3) is 4.41. The average Bonchev–Trinajstić information content (AvgIpc) is 3.20.